The van der Waals surface area contributed by atoms with E-state index in [1.807, 2.05) is 30.3 Å². The third-order valence-corrected chi connectivity index (χ3v) is 8.19. The van der Waals surface area contributed by atoms with Crippen molar-refractivity contribution in [1.29, 1.82) is 0 Å². The predicted octanol–water partition coefficient (Wildman–Crippen LogP) is 2.83. The second-order valence-electron chi connectivity index (χ2n) is 8.56. The van der Waals surface area contributed by atoms with Crippen molar-refractivity contribution in [2.24, 2.45) is 11.8 Å². The number of aryl methyl sites for hydroxylation is 1. The predicted molar refractivity (Wildman–Crippen MR) is 111 cm³/mol. The van der Waals surface area contributed by atoms with Crippen molar-refractivity contribution in [2.75, 3.05) is 4.90 Å². The number of carbonyl (C=O) groups excluding carboxylic acids is 3. The van der Waals surface area contributed by atoms with E-state index in [-0.39, 0.29) is 41.8 Å². The van der Waals surface area contributed by atoms with Gasteiger partial charge in [0.15, 0.2) is 0 Å². The number of hydrogen-bond acceptors (Lipinski definition) is 5. The minimum atomic E-state index is -0.381. The number of ether oxygens (including phenoxy) is 1. The molecule has 4 aliphatic rings. The molecule has 154 valence electrons. The van der Waals surface area contributed by atoms with Crippen molar-refractivity contribution < 1.29 is 19.1 Å². The topological polar surface area (TPSA) is 75.7 Å². The summed E-state index contributed by atoms with van der Waals surface area (Å²) in [6.45, 7) is 0.412. The molecule has 1 aliphatic carbocycles. The Bertz CT molecular complexity index is 1030. The second-order valence-corrected chi connectivity index (χ2v) is 9.64. The van der Waals surface area contributed by atoms with Crippen molar-refractivity contribution in [3.8, 4) is 0 Å². The Labute approximate surface area is 178 Å². The number of amides is 3. The summed E-state index contributed by atoms with van der Waals surface area (Å²) in [5.41, 5.74) is 2.55. The highest BCUT2D eigenvalue weighted by atomic mass is 32.1. The van der Waals surface area contributed by atoms with Crippen LogP contribution in [0.25, 0.3) is 0 Å². The van der Waals surface area contributed by atoms with Gasteiger partial charge in [-0.1, -0.05) is 30.3 Å². The molecule has 1 aromatic heterocycles. The first kappa shape index (κ1) is 18.3. The Morgan fingerprint density at radius 2 is 1.77 bits per heavy atom. The van der Waals surface area contributed by atoms with Crippen LogP contribution >= 0.6 is 11.3 Å². The summed E-state index contributed by atoms with van der Waals surface area (Å²) < 4.78 is 5.85. The van der Waals surface area contributed by atoms with Gasteiger partial charge in [0.25, 0.3) is 5.91 Å². The number of anilines is 1. The molecule has 3 saturated heterocycles. The van der Waals surface area contributed by atoms with E-state index < -0.39 is 0 Å². The first-order chi connectivity index (χ1) is 14.6. The van der Waals surface area contributed by atoms with Gasteiger partial charge in [0.1, 0.15) is 5.00 Å². The van der Waals surface area contributed by atoms with E-state index in [2.05, 4.69) is 5.32 Å². The SMILES string of the molecule is O=C(NCc1ccccc1)c1c(N2C(=O)[C@@H]3[C@H](C2=O)[C@@H]2CC[C@@H]3O2)sc2c1CCC2. The summed E-state index contributed by atoms with van der Waals surface area (Å²) in [7, 11) is 0. The second kappa shape index (κ2) is 6.75. The van der Waals surface area contributed by atoms with E-state index in [1.54, 1.807) is 0 Å². The molecular formula is C23H22N2O4S. The van der Waals surface area contributed by atoms with Gasteiger partial charge in [-0.15, -0.1) is 11.3 Å². The Hall–Kier alpha value is -2.51. The highest BCUT2D eigenvalue weighted by Gasteiger charge is 2.63. The quantitative estimate of drug-likeness (QED) is 0.769. The molecule has 2 bridgehead atoms. The van der Waals surface area contributed by atoms with Gasteiger partial charge in [0.2, 0.25) is 11.8 Å². The molecule has 6 rings (SSSR count). The number of hydrogen-bond donors (Lipinski definition) is 1. The number of nitrogens with zero attached hydrogens (tertiary/aromatic N) is 1. The zero-order valence-corrected chi connectivity index (χ0v) is 17.2. The van der Waals surface area contributed by atoms with Crippen molar-refractivity contribution in [3.05, 3.63) is 51.9 Å². The highest BCUT2D eigenvalue weighted by molar-refractivity contribution is 7.17. The van der Waals surface area contributed by atoms with Crippen LogP contribution in [0.4, 0.5) is 5.00 Å². The molecule has 6 nitrogen and oxygen atoms in total. The van der Waals surface area contributed by atoms with Gasteiger partial charge < -0.3 is 10.1 Å². The summed E-state index contributed by atoms with van der Waals surface area (Å²) in [6.07, 6.45) is 4.10. The van der Waals surface area contributed by atoms with Crippen LogP contribution in [0.1, 0.15) is 45.6 Å². The molecule has 3 amide bonds. The number of fused-ring (bicyclic) bond motifs is 6. The van der Waals surface area contributed by atoms with E-state index in [4.69, 9.17) is 4.74 Å². The monoisotopic (exact) mass is 422 g/mol. The first-order valence-corrected chi connectivity index (χ1v) is 11.4. The highest BCUT2D eigenvalue weighted by Crippen LogP contribution is 2.51. The standard InChI is InChI=1S/C23H22N2O4S/c26-20(24-11-12-5-2-1-3-6-12)17-13-7-4-8-16(13)30-23(17)25-21(27)18-14-9-10-15(29-14)19(18)22(25)28/h1-3,5-6,14-15,18-19H,4,7-11H2,(H,24,26)/t14-,15-,18-,19+/m0/s1. The summed E-state index contributed by atoms with van der Waals surface area (Å²) in [5.74, 6) is -1.34. The molecule has 1 N–H and O–H groups in total. The zero-order chi connectivity index (χ0) is 20.4. The third-order valence-electron chi connectivity index (χ3n) is 6.91. The Morgan fingerprint density at radius 1 is 1.07 bits per heavy atom. The lowest BCUT2D eigenvalue weighted by atomic mass is 9.81. The van der Waals surface area contributed by atoms with Crippen LogP contribution in [-0.2, 0) is 33.7 Å². The normalized spacial score (nSPS) is 28.9. The fourth-order valence-corrected chi connectivity index (χ4v) is 6.96. The summed E-state index contributed by atoms with van der Waals surface area (Å²) >= 11 is 1.45. The lowest BCUT2D eigenvalue weighted by Gasteiger charge is -2.18. The minimum absolute atomic E-state index is 0.149. The van der Waals surface area contributed by atoms with Crippen LogP contribution in [0.2, 0.25) is 0 Å². The maximum absolute atomic E-state index is 13.3. The Morgan fingerprint density at radius 3 is 2.47 bits per heavy atom. The largest absolute Gasteiger partial charge is 0.373 e. The number of nitrogens with one attached hydrogen (secondary N) is 1. The van der Waals surface area contributed by atoms with Crippen LogP contribution in [0.15, 0.2) is 30.3 Å². The molecule has 0 unspecified atom stereocenters. The molecule has 2 aromatic rings. The maximum atomic E-state index is 13.3. The van der Waals surface area contributed by atoms with Crippen molar-refractivity contribution in [3.63, 3.8) is 0 Å². The average Bonchev–Trinajstić information content (AvgIpc) is 3.54. The molecule has 3 fully saturated rings. The van der Waals surface area contributed by atoms with Gasteiger partial charge in [-0.25, -0.2) is 4.90 Å². The summed E-state index contributed by atoms with van der Waals surface area (Å²) in [6, 6.07) is 9.73. The molecular weight excluding hydrogens is 400 g/mol. The van der Waals surface area contributed by atoms with Gasteiger partial charge in [-0.05, 0) is 43.2 Å². The van der Waals surface area contributed by atoms with Crippen molar-refractivity contribution >= 4 is 34.1 Å². The zero-order valence-electron chi connectivity index (χ0n) is 16.4. The van der Waals surface area contributed by atoms with E-state index in [0.717, 1.165) is 48.1 Å². The summed E-state index contributed by atoms with van der Waals surface area (Å²) in [4.78, 5) is 42.2. The lowest BCUT2D eigenvalue weighted by Crippen LogP contribution is -2.35. The number of benzene rings is 1. The Kier molecular flexibility index (Phi) is 4.11. The number of rotatable bonds is 4. The molecule has 0 spiro atoms. The number of thiophene rings is 1. The van der Waals surface area contributed by atoms with Gasteiger partial charge >= 0.3 is 0 Å². The van der Waals surface area contributed by atoms with Crippen LogP contribution in [-0.4, -0.2) is 29.9 Å². The first-order valence-electron chi connectivity index (χ1n) is 10.6. The number of imide groups is 1. The molecule has 30 heavy (non-hydrogen) atoms. The molecule has 0 radical (unpaired) electrons. The van der Waals surface area contributed by atoms with Gasteiger partial charge in [-0.2, -0.15) is 0 Å². The average molecular weight is 423 g/mol. The third kappa shape index (κ3) is 2.55. The smallest absolute Gasteiger partial charge is 0.254 e. The van der Waals surface area contributed by atoms with Gasteiger partial charge in [0.05, 0.1) is 29.6 Å². The van der Waals surface area contributed by atoms with E-state index >= 15 is 0 Å². The van der Waals surface area contributed by atoms with Crippen LogP contribution in [0.5, 0.6) is 0 Å². The fourth-order valence-electron chi connectivity index (χ4n) is 5.56. The number of carbonyl (C=O) groups is 3. The maximum Gasteiger partial charge on any atom is 0.254 e. The van der Waals surface area contributed by atoms with E-state index in [1.165, 1.54) is 16.2 Å². The van der Waals surface area contributed by atoms with Crippen molar-refractivity contribution in [1.82, 2.24) is 5.32 Å². The van der Waals surface area contributed by atoms with Crippen LogP contribution in [0.3, 0.4) is 0 Å². The van der Waals surface area contributed by atoms with E-state index in [9.17, 15) is 14.4 Å². The minimum Gasteiger partial charge on any atom is -0.373 e. The van der Waals surface area contributed by atoms with Gasteiger partial charge in [-0.3, -0.25) is 14.4 Å². The van der Waals surface area contributed by atoms with Gasteiger partial charge in [0, 0.05) is 11.4 Å². The summed E-state index contributed by atoms with van der Waals surface area (Å²) in [5, 5.41) is 3.52. The molecule has 1 aromatic carbocycles. The molecule has 7 heteroatoms. The molecule has 3 aliphatic heterocycles. The molecule has 0 saturated carbocycles. The van der Waals surface area contributed by atoms with Crippen molar-refractivity contribution in [2.45, 2.75) is 50.9 Å². The Balaban J connectivity index is 1.34. The molecule has 4 atom stereocenters. The van der Waals surface area contributed by atoms with Crippen LogP contribution in [0, 0.1) is 11.8 Å². The fraction of sp³-hybridized carbons (Fsp3) is 0.435. The van der Waals surface area contributed by atoms with E-state index in [0.29, 0.717) is 17.1 Å². The van der Waals surface area contributed by atoms with Crippen LogP contribution < -0.4 is 10.2 Å². The molecule has 4 heterocycles. The lowest BCUT2D eigenvalue weighted by molar-refractivity contribution is -0.124.